The average Bonchev–Trinajstić information content (AvgIpc) is 2.98. The predicted molar refractivity (Wildman–Crippen MR) is 143 cm³/mol. The highest BCUT2D eigenvalue weighted by Gasteiger charge is 2.31. The largest absolute Gasteiger partial charge is 0.486 e. The highest BCUT2D eigenvalue weighted by Crippen LogP contribution is 2.29. The monoisotopic (exact) mass is 564 g/mol. The van der Waals surface area contributed by atoms with Gasteiger partial charge < -0.3 is 29.9 Å². The fraction of sp³-hybridized carbons (Fsp3) is 0.333. The molecular weight excluding hydrogens is 538 g/mol. The van der Waals surface area contributed by atoms with Crippen LogP contribution in [0.5, 0.6) is 5.75 Å². The van der Waals surface area contributed by atoms with Crippen LogP contribution in [0.1, 0.15) is 12.0 Å². The number of carbonyl (C=O) groups excluding carboxylic acids is 1. The summed E-state index contributed by atoms with van der Waals surface area (Å²) >= 11 is 0. The molecule has 2 atom stereocenters. The van der Waals surface area contributed by atoms with E-state index in [9.17, 15) is 23.6 Å². The molecule has 0 saturated carbocycles. The number of aromatic nitrogens is 3. The van der Waals surface area contributed by atoms with Crippen molar-refractivity contribution in [3.63, 3.8) is 0 Å². The van der Waals surface area contributed by atoms with Crippen molar-refractivity contribution in [2.75, 3.05) is 49.5 Å². The number of piperazine rings is 1. The van der Waals surface area contributed by atoms with E-state index in [4.69, 9.17) is 9.84 Å². The standard InChI is InChI=1S/C27H26F2N8O4/c28-20-12-19(2-3-22(20)36-7-9-37(10-8-36)27(39)40)33-26-32-15-31-25(34-26)17-1-4-23(18(11-17)13-30)41-24-5-6-35(16-38)14-21(24)29/h1-4,11-12,15-16,21,24H,5-10,14H2,(H,39,40)(H,31,32,33,34)/t21-,24-/m0/s1. The molecule has 12 nitrogen and oxygen atoms in total. The normalized spacial score (nSPS) is 18.9. The van der Waals surface area contributed by atoms with Crippen molar-refractivity contribution in [2.24, 2.45) is 0 Å². The lowest BCUT2D eigenvalue weighted by Crippen LogP contribution is -2.48. The lowest BCUT2D eigenvalue weighted by Gasteiger charge is -2.34. The molecule has 2 aliphatic heterocycles. The number of alkyl halides is 1. The second-order valence-corrected chi connectivity index (χ2v) is 9.56. The quantitative estimate of drug-likeness (QED) is 0.410. The van der Waals surface area contributed by atoms with Crippen LogP contribution < -0.4 is 15.0 Å². The summed E-state index contributed by atoms with van der Waals surface area (Å²) in [6, 6.07) is 11.4. The number of benzene rings is 2. The van der Waals surface area contributed by atoms with Crippen molar-refractivity contribution in [1.82, 2.24) is 24.8 Å². The van der Waals surface area contributed by atoms with Crippen LogP contribution in [-0.4, -0.2) is 93.9 Å². The topological polar surface area (TPSA) is 148 Å². The highest BCUT2D eigenvalue weighted by atomic mass is 19.1. The maximum absolute atomic E-state index is 14.9. The highest BCUT2D eigenvalue weighted by molar-refractivity contribution is 5.66. The maximum Gasteiger partial charge on any atom is 0.407 e. The molecule has 5 rings (SSSR count). The van der Waals surface area contributed by atoms with E-state index < -0.39 is 24.2 Å². The Labute approximate surface area is 233 Å². The van der Waals surface area contributed by atoms with E-state index in [2.05, 4.69) is 26.3 Å². The van der Waals surface area contributed by atoms with Gasteiger partial charge >= 0.3 is 6.09 Å². The minimum Gasteiger partial charge on any atom is -0.486 e. The van der Waals surface area contributed by atoms with Gasteiger partial charge in [-0.25, -0.2) is 23.5 Å². The zero-order valence-corrected chi connectivity index (χ0v) is 21.8. The van der Waals surface area contributed by atoms with E-state index in [0.717, 1.165) is 0 Å². The number of hydrogen-bond donors (Lipinski definition) is 2. The van der Waals surface area contributed by atoms with Crippen LogP contribution in [0.2, 0.25) is 0 Å². The minimum atomic E-state index is -1.38. The number of nitrogens with one attached hydrogen (secondary N) is 1. The van der Waals surface area contributed by atoms with Gasteiger partial charge in [0.15, 0.2) is 12.0 Å². The molecule has 2 fully saturated rings. The number of rotatable bonds is 7. The summed E-state index contributed by atoms with van der Waals surface area (Å²) in [5.74, 6) is 0.144. The van der Waals surface area contributed by atoms with Gasteiger partial charge in [-0.2, -0.15) is 10.2 Å². The van der Waals surface area contributed by atoms with Gasteiger partial charge in [-0.15, -0.1) is 0 Å². The summed E-state index contributed by atoms with van der Waals surface area (Å²) in [4.78, 5) is 39.1. The fourth-order valence-electron chi connectivity index (χ4n) is 4.76. The smallest absolute Gasteiger partial charge is 0.407 e. The van der Waals surface area contributed by atoms with E-state index in [1.165, 1.54) is 28.3 Å². The number of nitriles is 1. The zero-order chi connectivity index (χ0) is 28.9. The molecular formula is C27H26F2N8O4. The summed E-state index contributed by atoms with van der Waals surface area (Å²) in [7, 11) is 0. The number of halogens is 2. The van der Waals surface area contributed by atoms with Crippen LogP contribution in [0, 0.1) is 17.1 Å². The Hall–Kier alpha value is -5.06. The lowest BCUT2D eigenvalue weighted by atomic mass is 10.1. The molecule has 1 aromatic heterocycles. The third-order valence-corrected chi connectivity index (χ3v) is 6.97. The van der Waals surface area contributed by atoms with Crippen molar-refractivity contribution < 1.29 is 28.2 Å². The SMILES string of the molecule is N#Cc1cc(-c2ncnc(Nc3ccc(N4CCN(C(=O)O)CC4)c(F)c3)n2)ccc1O[C@H]1CCN(C=O)C[C@@H]1F. The second kappa shape index (κ2) is 12.0. The van der Waals surface area contributed by atoms with Gasteiger partial charge in [-0.05, 0) is 36.4 Å². The Balaban J connectivity index is 1.27. The van der Waals surface area contributed by atoms with Crippen LogP contribution in [0.15, 0.2) is 42.7 Å². The Morgan fingerprint density at radius 3 is 2.63 bits per heavy atom. The van der Waals surface area contributed by atoms with Crippen molar-refractivity contribution in [1.29, 1.82) is 5.26 Å². The molecule has 14 heteroatoms. The van der Waals surface area contributed by atoms with Crippen LogP contribution in [0.25, 0.3) is 11.4 Å². The van der Waals surface area contributed by atoms with Gasteiger partial charge in [0, 0.05) is 50.4 Å². The molecule has 2 amide bonds. The van der Waals surface area contributed by atoms with Gasteiger partial charge in [-0.1, -0.05) is 0 Å². The first-order chi connectivity index (χ1) is 19.8. The first kappa shape index (κ1) is 27.5. The Morgan fingerprint density at radius 1 is 1.15 bits per heavy atom. The van der Waals surface area contributed by atoms with E-state index in [1.54, 1.807) is 29.2 Å². The second-order valence-electron chi connectivity index (χ2n) is 9.56. The Bertz CT molecular complexity index is 1480. The van der Waals surface area contributed by atoms with Crippen LogP contribution in [0.3, 0.4) is 0 Å². The van der Waals surface area contributed by atoms with Gasteiger partial charge in [0.25, 0.3) is 0 Å². The third-order valence-electron chi connectivity index (χ3n) is 6.97. The molecule has 2 aromatic carbocycles. The summed E-state index contributed by atoms with van der Waals surface area (Å²) in [5, 5.41) is 21.7. The maximum atomic E-state index is 14.9. The van der Waals surface area contributed by atoms with E-state index >= 15 is 0 Å². The third kappa shape index (κ3) is 6.24. The van der Waals surface area contributed by atoms with Crippen LogP contribution in [-0.2, 0) is 4.79 Å². The number of ether oxygens (including phenoxy) is 1. The zero-order valence-electron chi connectivity index (χ0n) is 21.8. The molecule has 2 N–H and O–H groups in total. The van der Waals surface area contributed by atoms with E-state index in [0.29, 0.717) is 62.5 Å². The first-order valence-corrected chi connectivity index (χ1v) is 12.9. The van der Waals surface area contributed by atoms with Gasteiger partial charge in [0.05, 0.1) is 17.8 Å². The molecule has 212 valence electrons. The summed E-state index contributed by atoms with van der Waals surface area (Å²) < 4.78 is 35.2. The number of anilines is 3. The number of hydrogen-bond acceptors (Lipinski definition) is 9. The number of likely N-dealkylation sites (tertiary alicyclic amines) is 1. The number of carboxylic acid groups (broad SMARTS) is 1. The first-order valence-electron chi connectivity index (χ1n) is 12.9. The summed E-state index contributed by atoms with van der Waals surface area (Å²) in [6.07, 6.45) is -0.955. The minimum absolute atomic E-state index is 0.0643. The average molecular weight is 565 g/mol. The number of carbonyl (C=O) groups is 2. The lowest BCUT2D eigenvalue weighted by molar-refractivity contribution is -0.121. The Kier molecular flexibility index (Phi) is 8.04. The summed E-state index contributed by atoms with van der Waals surface area (Å²) in [5.41, 5.74) is 1.44. The predicted octanol–water partition coefficient (Wildman–Crippen LogP) is 3.04. The van der Waals surface area contributed by atoms with Crippen molar-refractivity contribution in [3.8, 4) is 23.2 Å². The Morgan fingerprint density at radius 2 is 1.95 bits per heavy atom. The number of nitrogens with zero attached hydrogens (tertiary/aromatic N) is 7. The molecule has 0 aliphatic carbocycles. The molecule has 2 aliphatic rings. The molecule has 41 heavy (non-hydrogen) atoms. The van der Waals surface area contributed by atoms with Crippen molar-refractivity contribution in [3.05, 3.63) is 54.1 Å². The van der Waals surface area contributed by atoms with Crippen molar-refractivity contribution in [2.45, 2.75) is 18.7 Å². The van der Waals surface area contributed by atoms with Gasteiger partial charge in [0.1, 0.15) is 30.1 Å². The molecule has 0 spiro atoms. The summed E-state index contributed by atoms with van der Waals surface area (Å²) in [6.45, 7) is 1.65. The fourth-order valence-corrected chi connectivity index (χ4v) is 4.76. The number of piperidine rings is 1. The van der Waals surface area contributed by atoms with Gasteiger partial charge in [0.2, 0.25) is 12.4 Å². The van der Waals surface area contributed by atoms with Gasteiger partial charge in [-0.3, -0.25) is 4.79 Å². The molecule has 2 saturated heterocycles. The molecule has 3 heterocycles. The molecule has 0 radical (unpaired) electrons. The number of amides is 2. The van der Waals surface area contributed by atoms with Crippen LogP contribution >= 0.6 is 0 Å². The van der Waals surface area contributed by atoms with Crippen LogP contribution in [0.4, 0.5) is 30.9 Å². The molecule has 0 bridgehead atoms. The van der Waals surface area contributed by atoms with Crippen molar-refractivity contribution >= 4 is 29.8 Å². The molecule has 3 aromatic rings. The van der Waals surface area contributed by atoms with E-state index in [1.807, 2.05) is 0 Å². The van der Waals surface area contributed by atoms with E-state index in [-0.39, 0.29) is 29.6 Å². The molecule has 0 unspecified atom stereocenters.